The second kappa shape index (κ2) is 6.02. The normalized spacial score (nSPS) is 17.2. The molecular weight excluding hydrogens is 247 g/mol. The number of hydrogen-bond donors (Lipinski definition) is 2. The first kappa shape index (κ1) is 13.8. The Morgan fingerprint density at radius 1 is 1.53 bits per heavy atom. The molecule has 0 aliphatic carbocycles. The minimum absolute atomic E-state index is 0.0310. The molecule has 2 rings (SSSR count). The third kappa shape index (κ3) is 3.92. The molecule has 0 aromatic heterocycles. The van der Waals surface area contributed by atoms with Crippen LogP contribution >= 0.6 is 0 Å². The molecular formula is C14H19FN2O2. The van der Waals surface area contributed by atoms with Crippen LogP contribution in [0.25, 0.3) is 0 Å². The molecule has 104 valence electrons. The Bertz CT molecular complexity index is 463. The molecule has 0 saturated heterocycles. The van der Waals surface area contributed by atoms with E-state index in [1.807, 2.05) is 13.8 Å². The quantitative estimate of drug-likeness (QED) is 0.843. The summed E-state index contributed by atoms with van der Waals surface area (Å²) < 4.78 is 18.7. The van der Waals surface area contributed by atoms with Gasteiger partial charge in [-0.05, 0) is 32.0 Å². The SMILES string of the molecule is CC(C)NC(=O)CNCC1Cc2cc(F)ccc2O1. The molecule has 1 amide bonds. The molecule has 0 radical (unpaired) electrons. The average molecular weight is 266 g/mol. The summed E-state index contributed by atoms with van der Waals surface area (Å²) >= 11 is 0. The van der Waals surface area contributed by atoms with Gasteiger partial charge < -0.3 is 15.4 Å². The van der Waals surface area contributed by atoms with Gasteiger partial charge in [0.25, 0.3) is 0 Å². The van der Waals surface area contributed by atoms with Gasteiger partial charge in [0.1, 0.15) is 17.7 Å². The number of amides is 1. The number of hydrogen-bond acceptors (Lipinski definition) is 3. The maximum Gasteiger partial charge on any atom is 0.234 e. The summed E-state index contributed by atoms with van der Waals surface area (Å²) in [7, 11) is 0. The van der Waals surface area contributed by atoms with E-state index in [9.17, 15) is 9.18 Å². The van der Waals surface area contributed by atoms with Crippen molar-refractivity contribution >= 4 is 5.91 Å². The highest BCUT2D eigenvalue weighted by Crippen LogP contribution is 2.28. The number of halogens is 1. The second-order valence-electron chi connectivity index (χ2n) is 5.05. The van der Waals surface area contributed by atoms with Gasteiger partial charge in [-0.25, -0.2) is 4.39 Å². The summed E-state index contributed by atoms with van der Waals surface area (Å²) in [4.78, 5) is 11.4. The van der Waals surface area contributed by atoms with Crippen LogP contribution in [0.2, 0.25) is 0 Å². The Balaban J connectivity index is 1.74. The lowest BCUT2D eigenvalue weighted by molar-refractivity contribution is -0.120. The molecule has 1 aliphatic heterocycles. The van der Waals surface area contributed by atoms with Crippen LogP contribution in [-0.4, -0.2) is 31.1 Å². The third-order valence-electron chi connectivity index (χ3n) is 2.87. The maximum atomic E-state index is 13.0. The van der Waals surface area contributed by atoms with Crippen LogP contribution in [0.3, 0.4) is 0 Å². The minimum Gasteiger partial charge on any atom is -0.488 e. The van der Waals surface area contributed by atoms with E-state index in [2.05, 4.69) is 10.6 Å². The zero-order valence-electron chi connectivity index (χ0n) is 11.2. The van der Waals surface area contributed by atoms with Crippen LogP contribution in [0.4, 0.5) is 4.39 Å². The molecule has 2 N–H and O–H groups in total. The molecule has 0 saturated carbocycles. The first-order valence-corrected chi connectivity index (χ1v) is 6.50. The van der Waals surface area contributed by atoms with Crippen molar-refractivity contribution in [3.8, 4) is 5.75 Å². The summed E-state index contributed by atoms with van der Waals surface area (Å²) in [5.74, 6) is 0.462. The number of benzene rings is 1. The van der Waals surface area contributed by atoms with Crippen LogP contribution in [0.5, 0.6) is 5.75 Å². The molecule has 1 aliphatic rings. The Morgan fingerprint density at radius 2 is 2.32 bits per heavy atom. The fourth-order valence-corrected chi connectivity index (χ4v) is 2.12. The summed E-state index contributed by atoms with van der Waals surface area (Å²) in [5.41, 5.74) is 0.887. The third-order valence-corrected chi connectivity index (χ3v) is 2.87. The fraction of sp³-hybridized carbons (Fsp3) is 0.500. The van der Waals surface area contributed by atoms with Crippen LogP contribution in [0.1, 0.15) is 19.4 Å². The molecule has 1 unspecified atom stereocenters. The smallest absolute Gasteiger partial charge is 0.234 e. The number of rotatable bonds is 5. The summed E-state index contributed by atoms with van der Waals surface area (Å²) in [6, 6.07) is 4.69. The van der Waals surface area contributed by atoms with E-state index in [1.54, 1.807) is 6.07 Å². The minimum atomic E-state index is -0.243. The van der Waals surface area contributed by atoms with Gasteiger partial charge in [-0.15, -0.1) is 0 Å². The first-order valence-electron chi connectivity index (χ1n) is 6.50. The van der Waals surface area contributed by atoms with Gasteiger partial charge in [-0.2, -0.15) is 0 Å². The molecule has 4 nitrogen and oxygen atoms in total. The van der Waals surface area contributed by atoms with Gasteiger partial charge in [-0.3, -0.25) is 4.79 Å². The summed E-state index contributed by atoms with van der Waals surface area (Å²) in [6.07, 6.45) is 0.634. The Hall–Kier alpha value is -1.62. The van der Waals surface area contributed by atoms with Gasteiger partial charge in [-0.1, -0.05) is 0 Å². The fourth-order valence-electron chi connectivity index (χ4n) is 2.12. The van der Waals surface area contributed by atoms with Crippen LogP contribution < -0.4 is 15.4 Å². The van der Waals surface area contributed by atoms with Crippen molar-refractivity contribution in [3.63, 3.8) is 0 Å². The van der Waals surface area contributed by atoms with E-state index in [4.69, 9.17) is 4.74 Å². The molecule has 0 bridgehead atoms. The molecule has 0 spiro atoms. The van der Waals surface area contributed by atoms with E-state index in [-0.39, 0.29) is 30.4 Å². The van der Waals surface area contributed by atoms with Crippen molar-refractivity contribution in [2.75, 3.05) is 13.1 Å². The maximum absolute atomic E-state index is 13.0. The summed E-state index contributed by atoms with van der Waals surface area (Å²) in [6.45, 7) is 4.68. The van der Waals surface area contributed by atoms with Crippen molar-refractivity contribution in [2.24, 2.45) is 0 Å². The number of fused-ring (bicyclic) bond motifs is 1. The zero-order valence-corrected chi connectivity index (χ0v) is 11.2. The highest BCUT2D eigenvalue weighted by Gasteiger charge is 2.22. The highest BCUT2D eigenvalue weighted by molar-refractivity contribution is 5.78. The predicted molar refractivity (Wildman–Crippen MR) is 70.7 cm³/mol. The van der Waals surface area contributed by atoms with E-state index < -0.39 is 0 Å². The van der Waals surface area contributed by atoms with Crippen molar-refractivity contribution in [2.45, 2.75) is 32.4 Å². The van der Waals surface area contributed by atoms with Gasteiger partial charge in [0, 0.05) is 24.6 Å². The van der Waals surface area contributed by atoms with E-state index in [0.29, 0.717) is 13.0 Å². The van der Waals surface area contributed by atoms with Crippen molar-refractivity contribution in [3.05, 3.63) is 29.6 Å². The molecule has 5 heteroatoms. The topological polar surface area (TPSA) is 50.4 Å². The molecule has 1 atom stereocenters. The van der Waals surface area contributed by atoms with Gasteiger partial charge >= 0.3 is 0 Å². The van der Waals surface area contributed by atoms with Crippen molar-refractivity contribution in [1.82, 2.24) is 10.6 Å². The van der Waals surface area contributed by atoms with Crippen LogP contribution in [0.15, 0.2) is 18.2 Å². The second-order valence-corrected chi connectivity index (χ2v) is 5.05. The predicted octanol–water partition coefficient (Wildman–Crippen LogP) is 1.24. The lowest BCUT2D eigenvalue weighted by Gasteiger charge is -2.13. The monoisotopic (exact) mass is 266 g/mol. The zero-order chi connectivity index (χ0) is 13.8. The standard InChI is InChI=1S/C14H19FN2O2/c1-9(2)17-14(18)8-16-7-12-6-10-5-11(15)3-4-13(10)19-12/h3-5,9,12,16H,6-8H2,1-2H3,(H,17,18). The van der Waals surface area contributed by atoms with Crippen LogP contribution in [0, 0.1) is 5.82 Å². The number of ether oxygens (including phenoxy) is 1. The van der Waals surface area contributed by atoms with E-state index >= 15 is 0 Å². The lowest BCUT2D eigenvalue weighted by atomic mass is 10.1. The highest BCUT2D eigenvalue weighted by atomic mass is 19.1. The Morgan fingerprint density at radius 3 is 3.05 bits per heavy atom. The Kier molecular flexibility index (Phi) is 4.37. The van der Waals surface area contributed by atoms with Crippen LogP contribution in [-0.2, 0) is 11.2 Å². The van der Waals surface area contributed by atoms with Crippen molar-refractivity contribution in [1.29, 1.82) is 0 Å². The average Bonchev–Trinajstić information content (AvgIpc) is 2.69. The lowest BCUT2D eigenvalue weighted by Crippen LogP contribution is -2.40. The molecule has 0 fully saturated rings. The van der Waals surface area contributed by atoms with E-state index in [0.717, 1.165) is 11.3 Å². The van der Waals surface area contributed by atoms with E-state index in [1.165, 1.54) is 12.1 Å². The molecule has 1 aromatic carbocycles. The Labute approximate surface area is 112 Å². The first-order chi connectivity index (χ1) is 9.04. The molecule has 1 heterocycles. The number of carbonyl (C=O) groups excluding carboxylic acids is 1. The van der Waals surface area contributed by atoms with Gasteiger partial charge in [0.2, 0.25) is 5.91 Å². The van der Waals surface area contributed by atoms with Crippen molar-refractivity contribution < 1.29 is 13.9 Å². The number of nitrogens with one attached hydrogen (secondary N) is 2. The van der Waals surface area contributed by atoms with Gasteiger partial charge in [0.15, 0.2) is 0 Å². The summed E-state index contributed by atoms with van der Waals surface area (Å²) in [5, 5.41) is 5.85. The largest absolute Gasteiger partial charge is 0.488 e. The molecule has 1 aromatic rings. The molecule has 19 heavy (non-hydrogen) atoms. The van der Waals surface area contributed by atoms with Gasteiger partial charge in [0.05, 0.1) is 6.54 Å². The number of carbonyl (C=O) groups is 1.